The number of ether oxygens (including phenoxy) is 6. The van der Waals surface area contributed by atoms with Gasteiger partial charge in [0.1, 0.15) is 94.4 Å². The van der Waals surface area contributed by atoms with Crippen LogP contribution in [0.1, 0.15) is 107 Å². The number of aryl methyl sites for hydroxylation is 3. The van der Waals surface area contributed by atoms with Gasteiger partial charge in [-0.15, -0.1) is 0 Å². The van der Waals surface area contributed by atoms with Crippen LogP contribution in [0.15, 0.2) is 249 Å². The minimum atomic E-state index is -1.19. The van der Waals surface area contributed by atoms with Crippen LogP contribution in [0.5, 0.6) is 34.5 Å². The van der Waals surface area contributed by atoms with Crippen molar-refractivity contribution in [2.75, 3.05) is 94.5 Å². The van der Waals surface area contributed by atoms with Gasteiger partial charge in [-0.1, -0.05) is 72.3 Å². The second-order valence-electron chi connectivity index (χ2n) is 34.4. The number of carbonyl (C=O) groups is 5. The maximum absolute atomic E-state index is 15.1. The molecular formula is C108H103F4N9O13. The van der Waals surface area contributed by atoms with Crippen LogP contribution < -0.4 is 76.3 Å². The molecule has 6 aliphatic rings. The summed E-state index contributed by atoms with van der Waals surface area (Å²) >= 11 is 0. The Morgan fingerprint density at radius 3 is 0.978 bits per heavy atom. The van der Waals surface area contributed by atoms with E-state index in [1.807, 2.05) is 42.5 Å². The van der Waals surface area contributed by atoms with E-state index in [9.17, 15) is 47.4 Å². The molecule has 11 N–H and O–H groups in total. The Balaban J connectivity index is 0.000000140. The Hall–Kier alpha value is -14.3. The third kappa shape index (κ3) is 22.6. The normalized spacial score (nSPS) is 17.8. The fraction of sp³-hybridized carbons (Fsp3) is 0.250. The molecule has 22 nitrogen and oxygen atoms in total. The van der Waals surface area contributed by atoms with E-state index in [0.717, 1.165) is 149 Å². The van der Waals surface area contributed by atoms with Gasteiger partial charge < -0.3 is 86.5 Å². The lowest BCUT2D eigenvalue weighted by Crippen LogP contribution is -2.20. The first kappa shape index (κ1) is 91.6. The van der Waals surface area contributed by atoms with E-state index in [2.05, 4.69) is 91.2 Å². The number of anilines is 3. The van der Waals surface area contributed by atoms with Gasteiger partial charge in [-0.3, -0.25) is 14.4 Å². The lowest BCUT2D eigenvalue weighted by molar-refractivity contribution is 0.0686. The van der Waals surface area contributed by atoms with Crippen LogP contribution in [-0.2, 0) is 0 Å². The first-order valence-corrected chi connectivity index (χ1v) is 45.3. The molecule has 0 unspecified atom stereocenters. The van der Waals surface area contributed by atoms with Crippen molar-refractivity contribution in [2.45, 2.75) is 95.9 Å². The summed E-state index contributed by atoms with van der Waals surface area (Å²) in [7, 11) is 0. The first-order chi connectivity index (χ1) is 65.1. The molecule has 0 aliphatic carbocycles. The molecule has 0 saturated carbocycles. The zero-order valence-electron chi connectivity index (χ0n) is 74.3. The minimum Gasteiger partial charge on any atom is -0.488 e. The number of hydrogen-bond acceptors (Lipinski definition) is 17. The predicted octanol–water partition coefficient (Wildman–Crippen LogP) is 19.3. The van der Waals surface area contributed by atoms with Crippen molar-refractivity contribution in [3.05, 3.63) is 316 Å². The molecular weight excluding hydrogens is 1710 g/mol. The van der Waals surface area contributed by atoms with Crippen molar-refractivity contribution in [3.8, 4) is 101 Å². The second-order valence-corrected chi connectivity index (χ2v) is 34.4. The maximum atomic E-state index is 15.1. The van der Waals surface area contributed by atoms with Crippen LogP contribution in [-0.4, -0.2) is 155 Å². The first-order valence-electron chi connectivity index (χ1n) is 45.3. The molecule has 6 atom stereocenters. The molecule has 13 aromatic carbocycles. The molecule has 6 aliphatic heterocycles. The highest BCUT2D eigenvalue weighted by Gasteiger charge is 2.29. The van der Waals surface area contributed by atoms with Crippen molar-refractivity contribution in [1.82, 2.24) is 31.9 Å². The highest BCUT2D eigenvalue weighted by atomic mass is 19.1. The van der Waals surface area contributed by atoms with Crippen molar-refractivity contribution in [2.24, 2.45) is 0 Å². The third-order valence-electron chi connectivity index (χ3n) is 24.6. The van der Waals surface area contributed by atoms with Gasteiger partial charge >= 0.3 is 11.9 Å². The van der Waals surface area contributed by atoms with Gasteiger partial charge in [0.05, 0.1) is 11.1 Å². The molecule has 26 heteroatoms. The number of amides is 3. The highest BCUT2D eigenvalue weighted by Crippen LogP contribution is 2.43. The van der Waals surface area contributed by atoms with Gasteiger partial charge in [-0.25, -0.2) is 27.2 Å². The van der Waals surface area contributed by atoms with Crippen LogP contribution in [0.2, 0.25) is 0 Å². The summed E-state index contributed by atoms with van der Waals surface area (Å²) in [5, 5.41) is 50.1. The third-order valence-corrected chi connectivity index (χ3v) is 24.6. The Kier molecular flexibility index (Phi) is 28.8. The molecule has 0 bridgehead atoms. The largest absolute Gasteiger partial charge is 0.488 e. The lowest BCUT2D eigenvalue weighted by atomic mass is 9.97. The molecule has 6 saturated heterocycles. The second kappa shape index (κ2) is 42.1. The fourth-order valence-corrected chi connectivity index (χ4v) is 17.3. The zero-order valence-corrected chi connectivity index (χ0v) is 74.3. The number of nitrogens with one attached hydrogen (secondary N) is 9. The van der Waals surface area contributed by atoms with Crippen molar-refractivity contribution in [3.63, 3.8) is 0 Å². The Labute approximate surface area is 773 Å². The summed E-state index contributed by atoms with van der Waals surface area (Å²) < 4.78 is 94.9. The molecule has 0 radical (unpaired) electrons. The number of carbonyl (C=O) groups excluding carboxylic acids is 3. The standard InChI is InChI=1S/C38H36FN3O3.C35H33F2N3O5.C35H34FN3O5/c1-24-2-3-27-19-28(5-4-26(27)18-24)34-20-29(8-12-36(34)44-32-14-16-40-22-32)38(43)42-31-11-13-37(45-33-15-17-41-23-33)35(21-31)25-6-9-30(39)10-7-25;1-20-14-21(2-6-30(20)36)27-15-22(4-8-32(27)44-25-10-12-38-18-25)34(41)40-24-5-9-33(45-26-11-13-39-19-26)29(17-24)28-16-23(35(42)43)3-7-31(28)37;1-21-15-23(5-8-31(21)36)29-17-24(6-9-32(29)43-27-11-13-37-19-27)34(40)39-26-7-10-33(44-28-12-14-38-20-28)30(18-26)22-3-2-4-25(16-22)35(41)42/h2-13,18-21,32-33,40-41H,14-17,22-23H2,1H3,(H,42,43);2-9,14-17,25-26,38-39H,10-13,18-19H2,1H3,(H,40,41)(H,42,43);2-10,15-18,27-28,37-38H,11-14,19-20H2,1H3,(H,39,40)(H,41,42)/t32-,33-;25-,26-;27-,28-/m000/s1. The van der Waals surface area contributed by atoms with E-state index >= 15 is 4.39 Å². The number of carboxylic acids is 2. The van der Waals surface area contributed by atoms with Gasteiger partial charge in [-0.05, 0) is 330 Å². The average molecular weight is 1810 g/mol. The van der Waals surface area contributed by atoms with Crippen LogP contribution in [0.4, 0.5) is 34.6 Å². The zero-order chi connectivity index (χ0) is 92.9. The molecule has 134 heavy (non-hydrogen) atoms. The van der Waals surface area contributed by atoms with E-state index in [0.29, 0.717) is 120 Å². The predicted molar refractivity (Wildman–Crippen MR) is 512 cm³/mol. The highest BCUT2D eigenvalue weighted by molar-refractivity contribution is 6.08. The molecule has 0 spiro atoms. The number of rotatable bonds is 26. The van der Waals surface area contributed by atoms with E-state index in [-0.39, 0.29) is 82.6 Å². The number of benzene rings is 13. The number of hydrogen-bond donors (Lipinski definition) is 11. The molecule has 19 rings (SSSR count). The summed E-state index contributed by atoms with van der Waals surface area (Å²) in [6, 6.07) is 70.8. The summed E-state index contributed by atoms with van der Waals surface area (Å²) in [5.74, 6) is -1.11. The van der Waals surface area contributed by atoms with Gasteiger partial charge in [0, 0.05) is 112 Å². The van der Waals surface area contributed by atoms with Gasteiger partial charge in [0.25, 0.3) is 17.7 Å². The topological polar surface area (TPSA) is 289 Å². The smallest absolute Gasteiger partial charge is 0.335 e. The molecule has 0 aromatic heterocycles. The minimum absolute atomic E-state index is 0.00812. The van der Waals surface area contributed by atoms with Crippen LogP contribution >= 0.6 is 0 Å². The van der Waals surface area contributed by atoms with Crippen molar-refractivity contribution in [1.29, 1.82) is 0 Å². The number of halogens is 4. The monoisotopic (exact) mass is 1810 g/mol. The molecule has 6 fully saturated rings. The van der Waals surface area contributed by atoms with Gasteiger partial charge in [-0.2, -0.15) is 0 Å². The average Bonchev–Trinajstić information content (AvgIpc) is 1.01. The molecule has 3 amide bonds. The lowest BCUT2D eigenvalue weighted by Gasteiger charge is -2.19. The summed E-state index contributed by atoms with van der Waals surface area (Å²) in [6.07, 6.45) is 5.18. The van der Waals surface area contributed by atoms with Crippen molar-refractivity contribution < 1.29 is 80.2 Å². The Morgan fingerprint density at radius 1 is 0.284 bits per heavy atom. The number of aromatic carboxylic acids is 2. The summed E-state index contributed by atoms with van der Waals surface area (Å²) in [4.78, 5) is 64.2. The Morgan fingerprint density at radius 2 is 0.590 bits per heavy atom. The van der Waals surface area contributed by atoms with Crippen LogP contribution in [0, 0.1) is 44.0 Å². The van der Waals surface area contributed by atoms with Crippen molar-refractivity contribution >= 4 is 57.5 Å². The molecule has 13 aromatic rings. The van der Waals surface area contributed by atoms with Gasteiger partial charge in [0.2, 0.25) is 0 Å². The quantitative estimate of drug-likeness (QED) is 0.0225. The van der Waals surface area contributed by atoms with E-state index in [4.69, 9.17) is 28.4 Å². The fourth-order valence-electron chi connectivity index (χ4n) is 17.3. The number of carboxylic acid groups (broad SMARTS) is 2. The van der Waals surface area contributed by atoms with E-state index in [1.165, 1.54) is 53.4 Å². The summed E-state index contributed by atoms with van der Waals surface area (Å²) in [5.41, 5.74) is 13.0. The van der Waals surface area contributed by atoms with E-state index < -0.39 is 23.7 Å². The van der Waals surface area contributed by atoms with Crippen LogP contribution in [0.3, 0.4) is 0 Å². The maximum Gasteiger partial charge on any atom is 0.335 e. The summed E-state index contributed by atoms with van der Waals surface area (Å²) in [6.45, 7) is 15.1. The number of fused-ring (bicyclic) bond motifs is 1. The van der Waals surface area contributed by atoms with Gasteiger partial charge in [0.15, 0.2) is 0 Å². The molecule has 686 valence electrons. The molecule has 6 heterocycles. The SMILES string of the molecule is Cc1cc(-c2cc(C(=O)Nc3ccc(O[C@H]4CCNC4)c(-c4cc(C(=O)O)ccc4F)c3)ccc2O[C@H]2CCNC2)ccc1F.Cc1cc(-c2cc(C(=O)Nc3ccc(O[C@H]4CCNC4)c(-c4cccc(C(=O)O)c4)c3)ccc2O[C@H]2CCNC2)ccc1F.Cc1ccc2cc(-c3cc(C(=O)Nc4ccc(O[C@H]5CCNC5)c(-c5ccc(F)cc5)c4)ccc3O[C@H]3CCNC3)ccc2c1. The Bertz CT molecular complexity index is 6520. The van der Waals surface area contributed by atoms with Crippen LogP contribution in [0.25, 0.3) is 77.5 Å². The van der Waals surface area contributed by atoms with E-state index in [1.54, 1.807) is 135 Å².